The maximum Gasteiger partial charge on any atom is 0.331 e. The summed E-state index contributed by atoms with van der Waals surface area (Å²) in [4.78, 5) is 11.0. The summed E-state index contributed by atoms with van der Waals surface area (Å²) in [6.45, 7) is 8.13. The molecule has 0 saturated heterocycles. The second-order valence-electron chi connectivity index (χ2n) is 5.54. The standard InChI is InChI=1S/C15H20O2/c1-10-5-4-7-15(3)8-6-12(9-13(10)15)11(2)14(16)17/h5,9,12H,2,4,6-8H2,1,3H3,(H,16,17)/t12?,15-/m1/s1. The van der Waals surface area contributed by atoms with Crippen molar-refractivity contribution in [1.29, 1.82) is 0 Å². The first-order valence-corrected chi connectivity index (χ1v) is 6.25. The monoisotopic (exact) mass is 232 g/mol. The first kappa shape index (κ1) is 12.2. The summed E-state index contributed by atoms with van der Waals surface area (Å²) in [6, 6.07) is 0. The Hall–Kier alpha value is -1.31. The van der Waals surface area contributed by atoms with Gasteiger partial charge in [0.15, 0.2) is 0 Å². The molecule has 2 atom stereocenters. The van der Waals surface area contributed by atoms with Crippen LogP contribution in [-0.4, -0.2) is 11.1 Å². The van der Waals surface area contributed by atoms with Crippen molar-refractivity contribution in [2.45, 2.75) is 39.5 Å². The molecule has 0 aromatic carbocycles. The molecule has 2 aliphatic carbocycles. The lowest BCUT2D eigenvalue weighted by Crippen LogP contribution is -2.29. The zero-order chi connectivity index (χ0) is 12.6. The summed E-state index contributed by atoms with van der Waals surface area (Å²) in [5, 5.41) is 9.02. The van der Waals surface area contributed by atoms with Crippen LogP contribution in [-0.2, 0) is 4.79 Å². The maximum atomic E-state index is 11.0. The molecule has 2 aliphatic rings. The highest BCUT2D eigenvalue weighted by Crippen LogP contribution is 2.49. The third-order valence-electron chi connectivity index (χ3n) is 4.32. The summed E-state index contributed by atoms with van der Waals surface area (Å²) < 4.78 is 0. The van der Waals surface area contributed by atoms with Crippen LogP contribution in [0.1, 0.15) is 39.5 Å². The van der Waals surface area contributed by atoms with Crippen molar-refractivity contribution in [3.8, 4) is 0 Å². The van der Waals surface area contributed by atoms with E-state index in [9.17, 15) is 4.79 Å². The summed E-state index contributed by atoms with van der Waals surface area (Å²) in [5.41, 5.74) is 3.26. The van der Waals surface area contributed by atoms with E-state index >= 15 is 0 Å². The van der Waals surface area contributed by atoms with Crippen LogP contribution in [0.15, 0.2) is 35.5 Å². The van der Waals surface area contributed by atoms with Crippen LogP contribution < -0.4 is 0 Å². The van der Waals surface area contributed by atoms with Crippen LogP contribution in [0.5, 0.6) is 0 Å². The van der Waals surface area contributed by atoms with E-state index in [0.717, 1.165) is 19.3 Å². The molecule has 1 unspecified atom stereocenters. The third-order valence-corrected chi connectivity index (χ3v) is 4.32. The number of carboxylic acid groups (broad SMARTS) is 1. The number of carbonyl (C=O) groups is 1. The highest BCUT2D eigenvalue weighted by Gasteiger charge is 2.36. The molecule has 0 aliphatic heterocycles. The fourth-order valence-electron chi connectivity index (χ4n) is 3.11. The van der Waals surface area contributed by atoms with Crippen molar-refractivity contribution in [3.63, 3.8) is 0 Å². The lowest BCUT2D eigenvalue weighted by Gasteiger charge is -2.41. The highest BCUT2D eigenvalue weighted by molar-refractivity contribution is 5.87. The molecule has 0 amide bonds. The first-order chi connectivity index (χ1) is 7.94. The highest BCUT2D eigenvalue weighted by atomic mass is 16.4. The minimum Gasteiger partial charge on any atom is -0.478 e. The van der Waals surface area contributed by atoms with Gasteiger partial charge in [-0.2, -0.15) is 0 Å². The molecule has 0 bridgehead atoms. The van der Waals surface area contributed by atoms with E-state index < -0.39 is 5.97 Å². The van der Waals surface area contributed by atoms with E-state index in [1.807, 2.05) is 0 Å². The fraction of sp³-hybridized carbons (Fsp3) is 0.533. The summed E-state index contributed by atoms with van der Waals surface area (Å²) in [5.74, 6) is -0.857. The molecule has 0 aromatic heterocycles. The average Bonchev–Trinajstić information content (AvgIpc) is 2.27. The van der Waals surface area contributed by atoms with Gasteiger partial charge >= 0.3 is 5.97 Å². The van der Waals surface area contributed by atoms with Crippen molar-refractivity contribution >= 4 is 5.97 Å². The number of aliphatic carboxylic acids is 1. The number of hydrogen-bond donors (Lipinski definition) is 1. The third kappa shape index (κ3) is 2.08. The molecule has 0 heterocycles. The predicted octanol–water partition coefficient (Wildman–Crippen LogP) is 3.71. The molecule has 2 heteroatoms. The van der Waals surface area contributed by atoms with Gasteiger partial charge in [-0.05, 0) is 43.6 Å². The van der Waals surface area contributed by atoms with Crippen LogP contribution >= 0.6 is 0 Å². The maximum absolute atomic E-state index is 11.0. The van der Waals surface area contributed by atoms with Crippen molar-refractivity contribution in [2.24, 2.45) is 11.3 Å². The zero-order valence-corrected chi connectivity index (χ0v) is 10.6. The quantitative estimate of drug-likeness (QED) is 0.737. The summed E-state index contributed by atoms with van der Waals surface area (Å²) >= 11 is 0. The molecule has 17 heavy (non-hydrogen) atoms. The molecular formula is C15H20O2. The van der Waals surface area contributed by atoms with Crippen LogP contribution in [0, 0.1) is 11.3 Å². The van der Waals surface area contributed by atoms with Crippen LogP contribution in [0.2, 0.25) is 0 Å². The Labute approximate surface area is 103 Å². The number of fused-ring (bicyclic) bond motifs is 1. The van der Waals surface area contributed by atoms with Crippen LogP contribution in [0.4, 0.5) is 0 Å². The van der Waals surface area contributed by atoms with Gasteiger partial charge in [0.25, 0.3) is 0 Å². The average molecular weight is 232 g/mol. The van der Waals surface area contributed by atoms with Gasteiger partial charge in [0, 0.05) is 11.5 Å². The largest absolute Gasteiger partial charge is 0.478 e. The molecule has 0 fully saturated rings. The molecule has 2 rings (SSSR count). The molecule has 0 radical (unpaired) electrons. The van der Waals surface area contributed by atoms with Crippen LogP contribution in [0.25, 0.3) is 0 Å². The number of hydrogen-bond acceptors (Lipinski definition) is 1. The van der Waals surface area contributed by atoms with E-state index in [1.54, 1.807) is 0 Å². The van der Waals surface area contributed by atoms with Gasteiger partial charge in [0.2, 0.25) is 0 Å². The van der Waals surface area contributed by atoms with Crippen molar-refractivity contribution in [2.75, 3.05) is 0 Å². The van der Waals surface area contributed by atoms with Crippen molar-refractivity contribution in [3.05, 3.63) is 35.5 Å². The van der Waals surface area contributed by atoms with Gasteiger partial charge in [-0.3, -0.25) is 0 Å². The van der Waals surface area contributed by atoms with E-state index in [2.05, 4.69) is 32.6 Å². The SMILES string of the molecule is C=C(C(=O)O)C1C=C2C(C)=CCC[C@]2(C)CC1. The number of allylic oxidation sites excluding steroid dienone is 4. The van der Waals surface area contributed by atoms with E-state index in [-0.39, 0.29) is 11.3 Å². The van der Waals surface area contributed by atoms with Crippen molar-refractivity contribution in [1.82, 2.24) is 0 Å². The Morgan fingerprint density at radius 3 is 2.88 bits per heavy atom. The Kier molecular flexibility index (Phi) is 2.98. The fourth-order valence-corrected chi connectivity index (χ4v) is 3.11. The zero-order valence-electron chi connectivity index (χ0n) is 10.6. The molecule has 2 nitrogen and oxygen atoms in total. The molecule has 1 N–H and O–H groups in total. The van der Waals surface area contributed by atoms with Crippen LogP contribution in [0.3, 0.4) is 0 Å². The second kappa shape index (κ2) is 4.17. The Balaban J connectivity index is 2.34. The predicted molar refractivity (Wildman–Crippen MR) is 68.7 cm³/mol. The Bertz CT molecular complexity index is 428. The minimum absolute atomic E-state index is 0.0111. The van der Waals surface area contributed by atoms with Gasteiger partial charge in [-0.15, -0.1) is 0 Å². The van der Waals surface area contributed by atoms with E-state index in [4.69, 9.17) is 5.11 Å². The molecular weight excluding hydrogens is 212 g/mol. The molecule has 92 valence electrons. The van der Waals surface area contributed by atoms with E-state index in [1.165, 1.54) is 17.6 Å². The number of rotatable bonds is 2. The van der Waals surface area contributed by atoms with E-state index in [0.29, 0.717) is 5.57 Å². The van der Waals surface area contributed by atoms with Gasteiger partial charge < -0.3 is 5.11 Å². The minimum atomic E-state index is -0.868. The molecule has 0 spiro atoms. The Morgan fingerprint density at radius 1 is 1.53 bits per heavy atom. The topological polar surface area (TPSA) is 37.3 Å². The van der Waals surface area contributed by atoms with Gasteiger partial charge in [0.05, 0.1) is 0 Å². The van der Waals surface area contributed by atoms with Gasteiger partial charge in [-0.25, -0.2) is 4.79 Å². The second-order valence-corrected chi connectivity index (χ2v) is 5.54. The smallest absolute Gasteiger partial charge is 0.331 e. The van der Waals surface area contributed by atoms with Crippen molar-refractivity contribution < 1.29 is 9.90 Å². The normalized spacial score (nSPS) is 32.2. The van der Waals surface area contributed by atoms with Gasteiger partial charge in [0.1, 0.15) is 0 Å². The number of carboxylic acids is 1. The molecule has 0 saturated carbocycles. The Morgan fingerprint density at radius 2 is 2.24 bits per heavy atom. The lowest BCUT2D eigenvalue weighted by molar-refractivity contribution is -0.133. The molecule has 0 aromatic rings. The van der Waals surface area contributed by atoms with Gasteiger partial charge in [-0.1, -0.05) is 31.2 Å². The summed E-state index contributed by atoms with van der Waals surface area (Å²) in [7, 11) is 0. The summed E-state index contributed by atoms with van der Waals surface area (Å²) in [6.07, 6.45) is 8.72. The first-order valence-electron chi connectivity index (χ1n) is 6.25. The lowest BCUT2D eigenvalue weighted by atomic mass is 9.63.